The molecule has 0 aliphatic heterocycles. The van der Waals surface area contributed by atoms with Gasteiger partial charge in [-0.3, -0.25) is 0 Å². The molecule has 1 aromatic rings. The van der Waals surface area contributed by atoms with E-state index in [-0.39, 0.29) is 12.1 Å². The number of hydrogen-bond donors (Lipinski definition) is 3. The van der Waals surface area contributed by atoms with Gasteiger partial charge in [-0.1, -0.05) is 13.8 Å². The fraction of sp³-hybridized carbons (Fsp3) is 0.727. The lowest BCUT2D eigenvalue weighted by atomic mass is 9.94. The first-order chi connectivity index (χ1) is 7.17. The summed E-state index contributed by atoms with van der Waals surface area (Å²) >= 11 is 0. The molecule has 1 heterocycles. The van der Waals surface area contributed by atoms with Gasteiger partial charge in [0.15, 0.2) is 0 Å². The zero-order chi connectivity index (χ0) is 11.3. The minimum absolute atomic E-state index is 0.161. The molecule has 0 aliphatic carbocycles. The molecule has 4 heteroatoms. The summed E-state index contributed by atoms with van der Waals surface area (Å²) in [5, 5.41) is 12.8. The van der Waals surface area contributed by atoms with E-state index in [1.807, 2.05) is 6.92 Å². The van der Waals surface area contributed by atoms with Crippen molar-refractivity contribution in [2.75, 3.05) is 6.61 Å². The smallest absolute Gasteiger partial charge is 0.0925 e. The molecule has 0 saturated heterocycles. The minimum atomic E-state index is -0.161. The van der Waals surface area contributed by atoms with E-state index in [1.54, 1.807) is 6.33 Å². The van der Waals surface area contributed by atoms with Crippen molar-refractivity contribution in [1.82, 2.24) is 15.3 Å². The Kier molecular flexibility index (Phi) is 4.29. The van der Waals surface area contributed by atoms with Gasteiger partial charge in [-0.2, -0.15) is 0 Å². The minimum Gasteiger partial charge on any atom is -0.394 e. The lowest BCUT2D eigenvalue weighted by Gasteiger charge is -2.30. The first kappa shape index (κ1) is 12.2. The van der Waals surface area contributed by atoms with Crippen LogP contribution in [0, 0.1) is 6.92 Å². The number of aliphatic hydroxyl groups excluding tert-OH is 1. The van der Waals surface area contributed by atoms with Crippen molar-refractivity contribution in [2.24, 2.45) is 0 Å². The molecule has 0 unspecified atom stereocenters. The Hall–Kier alpha value is -0.870. The molecular weight excluding hydrogens is 190 g/mol. The molecule has 1 rings (SSSR count). The average Bonchev–Trinajstić information content (AvgIpc) is 2.67. The van der Waals surface area contributed by atoms with Crippen molar-refractivity contribution >= 4 is 0 Å². The van der Waals surface area contributed by atoms with E-state index in [4.69, 9.17) is 0 Å². The maximum absolute atomic E-state index is 9.38. The van der Waals surface area contributed by atoms with Crippen molar-refractivity contribution in [1.29, 1.82) is 0 Å². The van der Waals surface area contributed by atoms with Crippen molar-refractivity contribution < 1.29 is 5.11 Å². The molecular formula is C11H21N3O. The number of aromatic nitrogens is 2. The van der Waals surface area contributed by atoms with Crippen LogP contribution in [0.2, 0.25) is 0 Å². The SMILES string of the molecule is CCC(CC)(CO)NCc1nc[nH]c1C. The molecule has 0 saturated carbocycles. The van der Waals surface area contributed by atoms with E-state index in [0.717, 1.165) is 24.2 Å². The van der Waals surface area contributed by atoms with Gasteiger partial charge in [-0.05, 0) is 19.8 Å². The highest BCUT2D eigenvalue weighted by Gasteiger charge is 2.24. The van der Waals surface area contributed by atoms with Crippen LogP contribution in [0.15, 0.2) is 6.33 Å². The molecule has 0 aromatic carbocycles. The number of aromatic amines is 1. The summed E-state index contributed by atoms with van der Waals surface area (Å²) in [6.07, 6.45) is 3.54. The van der Waals surface area contributed by atoms with Crippen molar-refractivity contribution in [2.45, 2.75) is 45.7 Å². The molecule has 1 aromatic heterocycles. The Morgan fingerprint density at radius 3 is 2.53 bits per heavy atom. The van der Waals surface area contributed by atoms with E-state index >= 15 is 0 Å². The van der Waals surface area contributed by atoms with Crippen molar-refractivity contribution in [3.05, 3.63) is 17.7 Å². The van der Waals surface area contributed by atoms with Gasteiger partial charge >= 0.3 is 0 Å². The lowest BCUT2D eigenvalue weighted by molar-refractivity contribution is 0.149. The second kappa shape index (κ2) is 5.28. The van der Waals surface area contributed by atoms with Crippen LogP contribution in [0.3, 0.4) is 0 Å². The van der Waals surface area contributed by atoms with E-state index in [1.165, 1.54) is 0 Å². The van der Waals surface area contributed by atoms with Gasteiger partial charge in [0.2, 0.25) is 0 Å². The number of nitrogens with one attached hydrogen (secondary N) is 2. The number of aliphatic hydroxyl groups is 1. The number of H-pyrrole nitrogens is 1. The number of aryl methyl sites for hydroxylation is 1. The molecule has 0 atom stereocenters. The zero-order valence-electron chi connectivity index (χ0n) is 9.80. The van der Waals surface area contributed by atoms with E-state index in [2.05, 4.69) is 29.1 Å². The van der Waals surface area contributed by atoms with E-state index in [9.17, 15) is 5.11 Å². The topological polar surface area (TPSA) is 60.9 Å². The van der Waals surface area contributed by atoms with Crippen LogP contribution in [0.5, 0.6) is 0 Å². The number of nitrogens with zero attached hydrogens (tertiary/aromatic N) is 1. The monoisotopic (exact) mass is 211 g/mol. The molecule has 0 spiro atoms. The summed E-state index contributed by atoms with van der Waals surface area (Å²) in [4.78, 5) is 7.27. The number of imidazole rings is 1. The second-order valence-electron chi connectivity index (χ2n) is 3.97. The Labute approximate surface area is 91.1 Å². The van der Waals surface area contributed by atoms with Crippen LogP contribution < -0.4 is 5.32 Å². The zero-order valence-corrected chi connectivity index (χ0v) is 9.80. The second-order valence-corrected chi connectivity index (χ2v) is 3.97. The van der Waals surface area contributed by atoms with Gasteiger partial charge in [0.25, 0.3) is 0 Å². The van der Waals surface area contributed by atoms with Crippen LogP contribution in [0.4, 0.5) is 0 Å². The van der Waals surface area contributed by atoms with Gasteiger partial charge in [-0.15, -0.1) is 0 Å². The van der Waals surface area contributed by atoms with Crippen LogP contribution in [-0.2, 0) is 6.54 Å². The summed E-state index contributed by atoms with van der Waals surface area (Å²) in [7, 11) is 0. The standard InChI is InChI=1S/C11H21N3O/c1-4-11(5-2,7-15)14-6-10-9(3)12-8-13-10/h8,14-15H,4-7H2,1-3H3,(H,12,13). The number of hydrogen-bond acceptors (Lipinski definition) is 3. The van der Waals surface area contributed by atoms with Gasteiger partial charge in [-0.25, -0.2) is 4.98 Å². The lowest BCUT2D eigenvalue weighted by Crippen LogP contribution is -2.47. The Morgan fingerprint density at radius 1 is 1.47 bits per heavy atom. The van der Waals surface area contributed by atoms with Gasteiger partial charge in [0.05, 0.1) is 18.6 Å². The maximum atomic E-state index is 9.38. The van der Waals surface area contributed by atoms with E-state index < -0.39 is 0 Å². The van der Waals surface area contributed by atoms with Crippen LogP contribution in [0.1, 0.15) is 38.1 Å². The predicted molar refractivity (Wildman–Crippen MR) is 60.6 cm³/mol. The van der Waals surface area contributed by atoms with Crippen LogP contribution in [-0.4, -0.2) is 27.2 Å². The highest BCUT2D eigenvalue weighted by molar-refractivity contribution is 5.08. The third-order valence-electron chi connectivity index (χ3n) is 3.22. The van der Waals surface area contributed by atoms with E-state index in [0.29, 0.717) is 6.54 Å². The van der Waals surface area contributed by atoms with Gasteiger partial charge in [0, 0.05) is 17.8 Å². The highest BCUT2D eigenvalue weighted by Crippen LogP contribution is 2.15. The summed E-state index contributed by atoms with van der Waals surface area (Å²) in [6.45, 7) is 7.05. The molecule has 0 aliphatic rings. The maximum Gasteiger partial charge on any atom is 0.0925 e. The molecule has 86 valence electrons. The van der Waals surface area contributed by atoms with Gasteiger partial charge in [0.1, 0.15) is 0 Å². The fourth-order valence-electron chi connectivity index (χ4n) is 1.62. The summed E-state index contributed by atoms with van der Waals surface area (Å²) in [5.41, 5.74) is 1.95. The fourth-order valence-corrected chi connectivity index (χ4v) is 1.62. The third kappa shape index (κ3) is 2.79. The molecule has 4 nitrogen and oxygen atoms in total. The molecule has 0 radical (unpaired) electrons. The van der Waals surface area contributed by atoms with Crippen LogP contribution >= 0.6 is 0 Å². The molecule has 0 fully saturated rings. The Morgan fingerprint density at radius 2 is 2.13 bits per heavy atom. The van der Waals surface area contributed by atoms with Crippen LogP contribution in [0.25, 0.3) is 0 Å². The molecule has 15 heavy (non-hydrogen) atoms. The first-order valence-corrected chi connectivity index (χ1v) is 5.52. The largest absolute Gasteiger partial charge is 0.394 e. The highest BCUT2D eigenvalue weighted by atomic mass is 16.3. The average molecular weight is 211 g/mol. The summed E-state index contributed by atoms with van der Waals surface area (Å²) in [6, 6.07) is 0. The normalized spacial score (nSPS) is 12.0. The first-order valence-electron chi connectivity index (χ1n) is 5.52. The summed E-state index contributed by atoms with van der Waals surface area (Å²) < 4.78 is 0. The molecule has 3 N–H and O–H groups in total. The summed E-state index contributed by atoms with van der Waals surface area (Å²) in [5.74, 6) is 0. The molecule has 0 amide bonds. The Bertz CT molecular complexity index is 284. The third-order valence-corrected chi connectivity index (χ3v) is 3.22. The molecule has 0 bridgehead atoms. The van der Waals surface area contributed by atoms with Crippen molar-refractivity contribution in [3.8, 4) is 0 Å². The van der Waals surface area contributed by atoms with Gasteiger partial charge < -0.3 is 15.4 Å². The predicted octanol–water partition coefficient (Wildman–Crippen LogP) is 1.36. The van der Waals surface area contributed by atoms with Crippen molar-refractivity contribution in [3.63, 3.8) is 0 Å². The quantitative estimate of drug-likeness (QED) is 0.666. The Balaban J connectivity index is 2.58. The number of rotatable bonds is 6.